The summed E-state index contributed by atoms with van der Waals surface area (Å²) >= 11 is 0. The number of ether oxygens (including phenoxy) is 2. The fraction of sp³-hybridized carbons (Fsp3) is 0.654. The second kappa shape index (κ2) is 11.7. The lowest BCUT2D eigenvalue weighted by Crippen LogP contribution is -2.51. The largest absolute Gasteiger partial charge is 0.493 e. The number of benzene rings is 1. The molecule has 0 spiro atoms. The third-order valence-electron chi connectivity index (χ3n) is 7.63. The zero-order valence-electron chi connectivity index (χ0n) is 20.9. The summed E-state index contributed by atoms with van der Waals surface area (Å²) in [5.74, 6) is 1.42. The average molecular weight is 487 g/mol. The molecular weight excluding hydrogens is 448 g/mol. The number of hydrogen-bond acceptors (Lipinski definition) is 6. The number of carbonyl (C=O) groups is 3. The SMILES string of the molecule is COc1ccc(CCN2C(=O)N[C@@H](CCC(=O)NC[C@H]3CCCN4CCCC[C@@H]34)C2=O)cc1OC. The highest BCUT2D eigenvalue weighted by Crippen LogP contribution is 2.30. The molecule has 2 N–H and O–H groups in total. The van der Waals surface area contributed by atoms with Crippen LogP contribution in [0.4, 0.5) is 4.79 Å². The van der Waals surface area contributed by atoms with Gasteiger partial charge in [0.15, 0.2) is 11.5 Å². The number of amides is 4. The lowest BCUT2D eigenvalue weighted by Gasteiger charge is -2.44. The summed E-state index contributed by atoms with van der Waals surface area (Å²) in [4.78, 5) is 41.5. The van der Waals surface area contributed by atoms with E-state index in [1.54, 1.807) is 20.3 Å². The van der Waals surface area contributed by atoms with Crippen LogP contribution < -0.4 is 20.1 Å². The Kier molecular flexibility index (Phi) is 8.49. The van der Waals surface area contributed by atoms with Gasteiger partial charge in [0.05, 0.1) is 14.2 Å². The maximum absolute atomic E-state index is 12.8. The van der Waals surface area contributed by atoms with Crippen molar-refractivity contribution in [3.8, 4) is 11.5 Å². The number of carbonyl (C=O) groups excluding carboxylic acids is 3. The Morgan fingerprint density at radius 1 is 1.09 bits per heavy atom. The van der Waals surface area contributed by atoms with E-state index < -0.39 is 12.1 Å². The van der Waals surface area contributed by atoms with Crippen LogP contribution in [-0.4, -0.2) is 80.1 Å². The van der Waals surface area contributed by atoms with E-state index in [-0.39, 0.29) is 24.8 Å². The molecule has 4 rings (SSSR count). The van der Waals surface area contributed by atoms with Gasteiger partial charge in [-0.1, -0.05) is 12.5 Å². The van der Waals surface area contributed by atoms with Gasteiger partial charge in [0.25, 0.3) is 5.91 Å². The molecule has 0 unspecified atom stereocenters. The fourth-order valence-corrected chi connectivity index (χ4v) is 5.69. The standard InChI is InChI=1S/C26H38N4O5/c1-34-22-10-8-18(16-23(22)35-2)12-15-30-25(32)20(28-26(30)33)9-11-24(31)27-17-19-6-5-14-29-13-4-3-7-21(19)29/h8,10,16,19-21H,3-7,9,11-15,17H2,1-2H3,(H,27,31)(H,28,33)/t19-,20+,21+/m1/s1. The van der Waals surface area contributed by atoms with Gasteiger partial charge in [0.2, 0.25) is 5.91 Å². The normalized spacial score (nSPS) is 24.6. The minimum absolute atomic E-state index is 0.0521. The van der Waals surface area contributed by atoms with Crippen molar-refractivity contribution in [2.24, 2.45) is 5.92 Å². The summed E-state index contributed by atoms with van der Waals surface area (Å²) in [5.41, 5.74) is 0.935. The number of hydrogen-bond donors (Lipinski definition) is 2. The van der Waals surface area contributed by atoms with Crippen molar-refractivity contribution in [1.82, 2.24) is 20.4 Å². The van der Waals surface area contributed by atoms with E-state index in [1.807, 2.05) is 12.1 Å². The second-order valence-electron chi connectivity index (χ2n) is 9.78. The minimum Gasteiger partial charge on any atom is -0.493 e. The molecule has 0 bridgehead atoms. The summed E-state index contributed by atoms with van der Waals surface area (Å²) in [7, 11) is 3.14. The zero-order chi connectivity index (χ0) is 24.8. The average Bonchev–Trinajstić information content (AvgIpc) is 3.16. The van der Waals surface area contributed by atoms with Crippen LogP contribution in [0.15, 0.2) is 18.2 Å². The van der Waals surface area contributed by atoms with Crippen LogP contribution in [-0.2, 0) is 16.0 Å². The number of nitrogens with zero attached hydrogens (tertiary/aromatic N) is 2. The van der Waals surface area contributed by atoms with Crippen molar-refractivity contribution >= 4 is 17.8 Å². The quantitative estimate of drug-likeness (QED) is 0.493. The smallest absolute Gasteiger partial charge is 0.324 e. The van der Waals surface area contributed by atoms with E-state index in [4.69, 9.17) is 9.47 Å². The highest BCUT2D eigenvalue weighted by Gasteiger charge is 2.38. The number of imide groups is 1. The fourth-order valence-electron chi connectivity index (χ4n) is 5.69. The molecule has 192 valence electrons. The first kappa shape index (κ1) is 25.3. The zero-order valence-corrected chi connectivity index (χ0v) is 20.9. The maximum Gasteiger partial charge on any atom is 0.324 e. The van der Waals surface area contributed by atoms with Crippen LogP contribution in [0.1, 0.15) is 50.5 Å². The van der Waals surface area contributed by atoms with Gasteiger partial charge in [-0.25, -0.2) is 4.79 Å². The summed E-state index contributed by atoms with van der Waals surface area (Å²) < 4.78 is 10.6. The van der Waals surface area contributed by atoms with Crippen molar-refractivity contribution in [3.63, 3.8) is 0 Å². The topological polar surface area (TPSA) is 100 Å². The first-order valence-electron chi connectivity index (χ1n) is 12.8. The van der Waals surface area contributed by atoms with E-state index in [2.05, 4.69) is 15.5 Å². The Balaban J connectivity index is 1.21. The molecular formula is C26H38N4O5. The summed E-state index contributed by atoms with van der Waals surface area (Å²) in [5, 5.41) is 5.82. The van der Waals surface area contributed by atoms with Crippen LogP contribution >= 0.6 is 0 Å². The highest BCUT2D eigenvalue weighted by molar-refractivity contribution is 6.04. The Hall–Kier alpha value is -2.81. The summed E-state index contributed by atoms with van der Waals surface area (Å²) in [6, 6.07) is 5.08. The molecule has 3 aliphatic heterocycles. The van der Waals surface area contributed by atoms with Gasteiger partial charge in [-0.3, -0.25) is 14.5 Å². The van der Waals surface area contributed by atoms with Crippen molar-refractivity contribution < 1.29 is 23.9 Å². The molecule has 0 aliphatic carbocycles. The molecule has 4 amide bonds. The number of fused-ring (bicyclic) bond motifs is 1. The van der Waals surface area contributed by atoms with Crippen molar-refractivity contribution in [2.45, 2.75) is 63.5 Å². The van der Waals surface area contributed by atoms with E-state index in [1.165, 1.54) is 43.7 Å². The van der Waals surface area contributed by atoms with Gasteiger partial charge >= 0.3 is 6.03 Å². The molecule has 0 aromatic heterocycles. The predicted octanol–water partition coefficient (Wildman–Crippen LogP) is 2.33. The number of piperidine rings is 2. The van der Waals surface area contributed by atoms with E-state index in [0.717, 1.165) is 12.0 Å². The minimum atomic E-state index is -0.651. The van der Waals surface area contributed by atoms with Gasteiger partial charge in [-0.2, -0.15) is 0 Å². The monoisotopic (exact) mass is 486 g/mol. The van der Waals surface area contributed by atoms with Crippen molar-refractivity contribution in [2.75, 3.05) is 40.4 Å². The highest BCUT2D eigenvalue weighted by atomic mass is 16.5. The molecule has 3 saturated heterocycles. The van der Waals surface area contributed by atoms with Crippen molar-refractivity contribution in [3.05, 3.63) is 23.8 Å². The molecule has 9 heteroatoms. The van der Waals surface area contributed by atoms with Crippen LogP contribution in [0.25, 0.3) is 0 Å². The van der Waals surface area contributed by atoms with E-state index in [0.29, 0.717) is 42.8 Å². The molecule has 1 aromatic carbocycles. The molecule has 3 aliphatic rings. The summed E-state index contributed by atoms with van der Waals surface area (Å²) in [6.45, 7) is 3.33. The summed E-state index contributed by atoms with van der Waals surface area (Å²) in [6.07, 6.45) is 7.17. The second-order valence-corrected chi connectivity index (χ2v) is 9.78. The van der Waals surface area contributed by atoms with Gasteiger partial charge in [-0.15, -0.1) is 0 Å². The van der Waals surface area contributed by atoms with Gasteiger partial charge < -0.3 is 25.0 Å². The number of rotatable bonds is 10. The third kappa shape index (κ3) is 6.07. The molecule has 3 heterocycles. The van der Waals surface area contributed by atoms with Crippen LogP contribution in [0.5, 0.6) is 11.5 Å². The number of nitrogens with one attached hydrogen (secondary N) is 2. The van der Waals surface area contributed by atoms with Gasteiger partial charge in [0, 0.05) is 25.6 Å². The molecule has 0 saturated carbocycles. The number of methoxy groups -OCH3 is 2. The van der Waals surface area contributed by atoms with Gasteiger partial charge in [0.1, 0.15) is 6.04 Å². The number of urea groups is 1. The van der Waals surface area contributed by atoms with Crippen molar-refractivity contribution in [1.29, 1.82) is 0 Å². The molecule has 3 atom stereocenters. The Labute approximate surface area is 207 Å². The van der Waals surface area contributed by atoms with Crippen LogP contribution in [0, 0.1) is 5.92 Å². The van der Waals surface area contributed by atoms with Crippen LogP contribution in [0.2, 0.25) is 0 Å². The first-order chi connectivity index (χ1) is 17.0. The third-order valence-corrected chi connectivity index (χ3v) is 7.63. The Morgan fingerprint density at radius 2 is 1.89 bits per heavy atom. The Bertz CT molecular complexity index is 921. The lowest BCUT2D eigenvalue weighted by molar-refractivity contribution is -0.127. The molecule has 3 fully saturated rings. The van der Waals surface area contributed by atoms with Crippen LogP contribution in [0.3, 0.4) is 0 Å². The first-order valence-corrected chi connectivity index (χ1v) is 12.8. The van der Waals surface area contributed by atoms with E-state index >= 15 is 0 Å². The van der Waals surface area contributed by atoms with E-state index in [9.17, 15) is 14.4 Å². The predicted molar refractivity (Wildman–Crippen MR) is 131 cm³/mol. The molecule has 35 heavy (non-hydrogen) atoms. The Morgan fingerprint density at radius 3 is 2.69 bits per heavy atom. The molecule has 9 nitrogen and oxygen atoms in total. The lowest BCUT2D eigenvalue weighted by atomic mass is 9.83. The maximum atomic E-state index is 12.8. The molecule has 0 radical (unpaired) electrons. The van der Waals surface area contributed by atoms with Gasteiger partial charge in [-0.05, 0) is 75.2 Å². The molecule has 1 aromatic rings.